The van der Waals surface area contributed by atoms with Gasteiger partial charge in [0.2, 0.25) is 0 Å². The van der Waals surface area contributed by atoms with Crippen molar-refractivity contribution in [1.82, 2.24) is 5.32 Å². The Bertz CT molecular complexity index is 160. The minimum atomic E-state index is -3.20. The highest BCUT2D eigenvalue weighted by Crippen LogP contribution is 2.25. The summed E-state index contributed by atoms with van der Waals surface area (Å²) in [6, 6.07) is -0.553. The molecule has 0 aliphatic carbocycles. The maximum absolute atomic E-state index is 12.3. The molecular formula is C5H8F2N2O. The van der Waals surface area contributed by atoms with Crippen LogP contribution in [-0.2, 0) is 4.79 Å². The van der Waals surface area contributed by atoms with E-state index in [4.69, 9.17) is 5.73 Å². The molecule has 1 amide bonds. The predicted octanol–water partition coefficient (Wildman–Crippen LogP) is -0.531. The molecule has 3 nitrogen and oxygen atoms in total. The molecular weight excluding hydrogens is 142 g/mol. The Morgan fingerprint density at radius 3 is 2.60 bits per heavy atom. The van der Waals surface area contributed by atoms with Crippen LogP contribution in [0, 0.1) is 0 Å². The lowest BCUT2D eigenvalue weighted by Crippen LogP contribution is -2.33. The molecule has 5 heteroatoms. The van der Waals surface area contributed by atoms with E-state index >= 15 is 0 Å². The zero-order valence-electron chi connectivity index (χ0n) is 5.23. The van der Waals surface area contributed by atoms with Gasteiger partial charge in [-0.05, 0) is 0 Å². The minimum absolute atomic E-state index is 0.0708. The summed E-state index contributed by atoms with van der Waals surface area (Å²) in [6.45, 7) is 0.0708. The molecule has 3 N–H and O–H groups in total. The summed E-state index contributed by atoms with van der Waals surface area (Å²) in [5.74, 6) is -4.41. The quantitative estimate of drug-likeness (QED) is 0.528. The average molecular weight is 150 g/mol. The largest absolute Gasteiger partial charge is 0.347 e. The van der Waals surface area contributed by atoms with Gasteiger partial charge in [-0.2, -0.15) is 8.78 Å². The summed E-state index contributed by atoms with van der Waals surface area (Å²) in [7, 11) is 0. The van der Waals surface area contributed by atoms with Crippen LogP contribution in [0.15, 0.2) is 0 Å². The van der Waals surface area contributed by atoms with Crippen molar-refractivity contribution in [2.45, 2.75) is 18.4 Å². The first-order valence-electron chi connectivity index (χ1n) is 2.95. The number of amides is 1. The molecule has 1 rings (SSSR count). The first-order valence-corrected chi connectivity index (χ1v) is 2.95. The van der Waals surface area contributed by atoms with Gasteiger partial charge in [-0.3, -0.25) is 4.79 Å². The Morgan fingerprint density at radius 2 is 2.40 bits per heavy atom. The monoisotopic (exact) mass is 150 g/mol. The van der Waals surface area contributed by atoms with E-state index in [9.17, 15) is 13.6 Å². The topological polar surface area (TPSA) is 55.1 Å². The zero-order chi connectivity index (χ0) is 7.78. The second kappa shape index (κ2) is 2.16. The fourth-order valence-electron chi connectivity index (χ4n) is 0.886. The van der Waals surface area contributed by atoms with Gasteiger partial charge in [0.15, 0.2) is 0 Å². The normalized spacial score (nSPS) is 30.3. The second-order valence-electron chi connectivity index (χ2n) is 2.31. The van der Waals surface area contributed by atoms with Crippen LogP contribution in [0.4, 0.5) is 8.78 Å². The molecule has 58 valence electrons. The fourth-order valence-corrected chi connectivity index (χ4v) is 0.886. The lowest BCUT2D eigenvalue weighted by atomic mass is 10.2. The number of nitrogens with one attached hydrogen (secondary N) is 1. The lowest BCUT2D eigenvalue weighted by molar-refractivity contribution is -0.139. The SMILES string of the molecule is NCC1CC(F)(F)C(=O)N1. The third kappa shape index (κ3) is 1.09. The van der Waals surface area contributed by atoms with Gasteiger partial charge < -0.3 is 11.1 Å². The molecule has 0 bridgehead atoms. The lowest BCUT2D eigenvalue weighted by Gasteiger charge is -2.03. The van der Waals surface area contributed by atoms with Gasteiger partial charge in [0.1, 0.15) is 0 Å². The van der Waals surface area contributed by atoms with E-state index in [0.717, 1.165) is 0 Å². The van der Waals surface area contributed by atoms with Crippen molar-refractivity contribution >= 4 is 5.91 Å². The number of carbonyl (C=O) groups is 1. The Morgan fingerprint density at radius 1 is 1.80 bits per heavy atom. The molecule has 1 aliphatic heterocycles. The van der Waals surface area contributed by atoms with Crippen molar-refractivity contribution in [3.05, 3.63) is 0 Å². The standard InChI is InChI=1S/C5H8F2N2O/c6-5(7)1-3(2-8)9-4(5)10/h3H,1-2,8H2,(H,9,10). The van der Waals surface area contributed by atoms with Gasteiger partial charge in [0, 0.05) is 19.0 Å². The minimum Gasteiger partial charge on any atom is -0.347 e. The van der Waals surface area contributed by atoms with E-state index in [-0.39, 0.29) is 6.54 Å². The molecule has 0 radical (unpaired) electrons. The smallest absolute Gasteiger partial charge is 0.326 e. The van der Waals surface area contributed by atoms with Gasteiger partial charge in [-0.1, -0.05) is 0 Å². The zero-order valence-corrected chi connectivity index (χ0v) is 5.23. The summed E-state index contributed by atoms with van der Waals surface area (Å²) in [6.07, 6.45) is -0.470. The van der Waals surface area contributed by atoms with Crippen LogP contribution in [0.1, 0.15) is 6.42 Å². The summed E-state index contributed by atoms with van der Waals surface area (Å²) in [5, 5.41) is 2.08. The average Bonchev–Trinajstić information content (AvgIpc) is 2.08. The van der Waals surface area contributed by atoms with Crippen LogP contribution >= 0.6 is 0 Å². The van der Waals surface area contributed by atoms with Gasteiger partial charge in [0.25, 0.3) is 5.91 Å². The third-order valence-corrected chi connectivity index (χ3v) is 1.45. The van der Waals surface area contributed by atoms with Gasteiger partial charge in [-0.25, -0.2) is 0 Å². The molecule has 0 aromatic carbocycles. The first-order chi connectivity index (χ1) is 4.56. The van der Waals surface area contributed by atoms with E-state index in [1.54, 1.807) is 0 Å². The Labute approximate surface area is 56.6 Å². The van der Waals surface area contributed by atoms with Crippen molar-refractivity contribution in [3.8, 4) is 0 Å². The number of nitrogens with two attached hydrogens (primary N) is 1. The van der Waals surface area contributed by atoms with Crippen molar-refractivity contribution in [1.29, 1.82) is 0 Å². The number of carbonyl (C=O) groups excluding carboxylic acids is 1. The van der Waals surface area contributed by atoms with Crippen molar-refractivity contribution < 1.29 is 13.6 Å². The number of hydrogen-bond donors (Lipinski definition) is 2. The van der Waals surface area contributed by atoms with E-state index in [2.05, 4.69) is 5.32 Å². The fraction of sp³-hybridized carbons (Fsp3) is 0.800. The highest BCUT2D eigenvalue weighted by Gasteiger charge is 2.47. The maximum Gasteiger partial charge on any atom is 0.326 e. The highest BCUT2D eigenvalue weighted by molar-refractivity contribution is 5.85. The van der Waals surface area contributed by atoms with E-state index in [1.165, 1.54) is 0 Å². The van der Waals surface area contributed by atoms with Crippen molar-refractivity contribution in [3.63, 3.8) is 0 Å². The molecule has 0 aromatic heterocycles. The van der Waals surface area contributed by atoms with Crippen LogP contribution in [0.2, 0.25) is 0 Å². The molecule has 1 heterocycles. The van der Waals surface area contributed by atoms with E-state index in [0.29, 0.717) is 0 Å². The van der Waals surface area contributed by atoms with Crippen LogP contribution in [0.5, 0.6) is 0 Å². The summed E-state index contributed by atoms with van der Waals surface area (Å²) < 4.78 is 24.6. The third-order valence-electron chi connectivity index (χ3n) is 1.45. The Hall–Kier alpha value is -0.710. The van der Waals surface area contributed by atoms with Gasteiger partial charge in [-0.15, -0.1) is 0 Å². The molecule has 0 spiro atoms. The first kappa shape index (κ1) is 7.40. The van der Waals surface area contributed by atoms with Crippen LogP contribution in [0.3, 0.4) is 0 Å². The van der Waals surface area contributed by atoms with Gasteiger partial charge >= 0.3 is 5.92 Å². The summed E-state index contributed by atoms with van der Waals surface area (Å²) in [5.41, 5.74) is 5.07. The Kier molecular flexibility index (Phi) is 1.60. The van der Waals surface area contributed by atoms with Crippen LogP contribution < -0.4 is 11.1 Å². The second-order valence-corrected chi connectivity index (χ2v) is 2.31. The number of hydrogen-bond acceptors (Lipinski definition) is 2. The highest BCUT2D eigenvalue weighted by atomic mass is 19.3. The maximum atomic E-state index is 12.3. The number of alkyl halides is 2. The van der Waals surface area contributed by atoms with Crippen molar-refractivity contribution in [2.24, 2.45) is 5.73 Å². The summed E-state index contributed by atoms with van der Waals surface area (Å²) >= 11 is 0. The van der Waals surface area contributed by atoms with Crippen molar-refractivity contribution in [2.75, 3.05) is 6.54 Å². The molecule has 1 saturated heterocycles. The molecule has 1 fully saturated rings. The molecule has 10 heavy (non-hydrogen) atoms. The molecule has 0 aromatic rings. The van der Waals surface area contributed by atoms with Crippen LogP contribution in [0.25, 0.3) is 0 Å². The number of rotatable bonds is 1. The van der Waals surface area contributed by atoms with E-state index < -0.39 is 24.3 Å². The molecule has 0 saturated carbocycles. The molecule has 1 atom stereocenters. The number of halogens is 2. The Balaban J connectivity index is 2.62. The predicted molar refractivity (Wildman–Crippen MR) is 30.5 cm³/mol. The molecule has 1 unspecified atom stereocenters. The van der Waals surface area contributed by atoms with Crippen LogP contribution in [-0.4, -0.2) is 24.4 Å². The van der Waals surface area contributed by atoms with E-state index in [1.807, 2.05) is 0 Å². The summed E-state index contributed by atoms with van der Waals surface area (Å²) in [4.78, 5) is 10.3. The molecule has 1 aliphatic rings. The van der Waals surface area contributed by atoms with Gasteiger partial charge in [0.05, 0.1) is 0 Å².